The molecule has 0 fully saturated rings. The van der Waals surface area contributed by atoms with Crippen LogP contribution in [0.15, 0.2) is 30.5 Å². The number of carboxylic acids is 1. The van der Waals surface area contributed by atoms with Crippen LogP contribution in [0.3, 0.4) is 0 Å². The number of H-pyrrole nitrogens is 1. The van der Waals surface area contributed by atoms with Crippen LogP contribution in [-0.2, 0) is 11.2 Å². The second-order valence-corrected chi connectivity index (χ2v) is 5.12. The van der Waals surface area contributed by atoms with Crippen LogP contribution in [0.2, 0.25) is 0 Å². The van der Waals surface area contributed by atoms with Gasteiger partial charge in [-0.3, -0.25) is 4.79 Å². The van der Waals surface area contributed by atoms with Crippen molar-refractivity contribution < 1.29 is 9.90 Å². The topological polar surface area (TPSA) is 65.1 Å². The highest BCUT2D eigenvalue weighted by Gasteiger charge is 2.20. The van der Waals surface area contributed by atoms with Crippen molar-refractivity contribution in [2.45, 2.75) is 26.3 Å². The first kappa shape index (κ1) is 13.6. The van der Waals surface area contributed by atoms with Gasteiger partial charge in [-0.25, -0.2) is 0 Å². The van der Waals surface area contributed by atoms with Gasteiger partial charge in [0, 0.05) is 23.6 Å². The maximum Gasteiger partial charge on any atom is 0.320 e. The van der Waals surface area contributed by atoms with Crippen LogP contribution in [0.4, 0.5) is 0 Å². The summed E-state index contributed by atoms with van der Waals surface area (Å²) in [6.07, 6.45) is 2.82. The van der Waals surface area contributed by atoms with Crippen molar-refractivity contribution in [3.63, 3.8) is 0 Å². The summed E-state index contributed by atoms with van der Waals surface area (Å²) in [5.74, 6) is -0.700. The predicted octanol–water partition coefficient (Wildman–Crippen LogP) is 2.41. The van der Waals surface area contributed by atoms with Crippen molar-refractivity contribution in [1.82, 2.24) is 10.3 Å². The molecule has 2 rings (SSSR count). The van der Waals surface area contributed by atoms with E-state index in [0.29, 0.717) is 6.54 Å². The van der Waals surface area contributed by atoms with E-state index in [2.05, 4.69) is 16.4 Å². The van der Waals surface area contributed by atoms with E-state index in [4.69, 9.17) is 5.11 Å². The molecule has 0 saturated heterocycles. The van der Waals surface area contributed by atoms with Crippen LogP contribution in [0.25, 0.3) is 10.9 Å². The number of rotatable bonds is 6. The van der Waals surface area contributed by atoms with Gasteiger partial charge in [0.15, 0.2) is 0 Å². The lowest BCUT2D eigenvalue weighted by Gasteiger charge is -2.17. The monoisotopic (exact) mass is 260 g/mol. The molecule has 3 N–H and O–H groups in total. The first-order valence-corrected chi connectivity index (χ1v) is 6.60. The Morgan fingerprint density at radius 2 is 2.11 bits per heavy atom. The Morgan fingerprint density at radius 3 is 2.79 bits per heavy atom. The zero-order chi connectivity index (χ0) is 13.8. The molecule has 1 atom stereocenters. The number of hydrogen-bond donors (Lipinski definition) is 3. The Hall–Kier alpha value is -1.81. The number of hydrogen-bond acceptors (Lipinski definition) is 2. The van der Waals surface area contributed by atoms with Crippen LogP contribution in [0.1, 0.15) is 19.4 Å². The van der Waals surface area contributed by atoms with Gasteiger partial charge in [-0.1, -0.05) is 32.0 Å². The molecule has 4 heteroatoms. The van der Waals surface area contributed by atoms with Crippen LogP contribution >= 0.6 is 0 Å². The van der Waals surface area contributed by atoms with Crippen molar-refractivity contribution in [2.24, 2.45) is 5.92 Å². The second kappa shape index (κ2) is 5.89. The Balaban J connectivity index is 1.97. The van der Waals surface area contributed by atoms with Gasteiger partial charge in [0.25, 0.3) is 0 Å². The molecule has 0 aliphatic carbocycles. The predicted molar refractivity (Wildman–Crippen MR) is 76.3 cm³/mol. The maximum absolute atomic E-state index is 11.1. The number of para-hydroxylation sites is 1. The van der Waals surface area contributed by atoms with Gasteiger partial charge in [-0.05, 0) is 24.0 Å². The third kappa shape index (κ3) is 3.15. The summed E-state index contributed by atoms with van der Waals surface area (Å²) in [4.78, 5) is 14.3. The minimum Gasteiger partial charge on any atom is -0.480 e. The van der Waals surface area contributed by atoms with Crippen LogP contribution < -0.4 is 5.32 Å². The molecular weight excluding hydrogens is 240 g/mol. The molecule has 1 aromatic carbocycles. The number of aromatic nitrogens is 1. The van der Waals surface area contributed by atoms with E-state index in [1.54, 1.807) is 0 Å². The summed E-state index contributed by atoms with van der Waals surface area (Å²) < 4.78 is 0. The van der Waals surface area contributed by atoms with E-state index in [1.807, 2.05) is 38.2 Å². The van der Waals surface area contributed by atoms with Crippen LogP contribution in [0.5, 0.6) is 0 Å². The molecule has 2 aromatic rings. The number of nitrogens with one attached hydrogen (secondary N) is 2. The molecule has 4 nitrogen and oxygen atoms in total. The third-order valence-electron chi connectivity index (χ3n) is 3.37. The fraction of sp³-hybridized carbons (Fsp3) is 0.400. The van der Waals surface area contributed by atoms with E-state index in [1.165, 1.54) is 10.9 Å². The SMILES string of the molecule is CC(C)C(NCCc1c[nH]c2ccccc12)C(=O)O. The number of carboxylic acid groups (broad SMARTS) is 1. The maximum atomic E-state index is 11.1. The highest BCUT2D eigenvalue weighted by atomic mass is 16.4. The largest absolute Gasteiger partial charge is 0.480 e. The molecule has 0 bridgehead atoms. The zero-order valence-corrected chi connectivity index (χ0v) is 11.3. The smallest absolute Gasteiger partial charge is 0.320 e. The van der Waals surface area contributed by atoms with Crippen molar-refractivity contribution in [3.8, 4) is 0 Å². The summed E-state index contributed by atoms with van der Waals surface area (Å²) in [6, 6.07) is 7.66. The Bertz CT molecular complexity index is 560. The van der Waals surface area contributed by atoms with Gasteiger partial charge < -0.3 is 15.4 Å². The van der Waals surface area contributed by atoms with Crippen LogP contribution in [-0.4, -0.2) is 28.6 Å². The quantitative estimate of drug-likeness (QED) is 0.747. The molecule has 19 heavy (non-hydrogen) atoms. The number of fused-ring (bicyclic) bond motifs is 1. The molecule has 0 amide bonds. The van der Waals surface area contributed by atoms with Crippen LogP contribution in [0, 0.1) is 5.92 Å². The molecule has 0 aliphatic rings. The molecule has 0 aliphatic heterocycles. The minimum absolute atomic E-state index is 0.0838. The van der Waals surface area contributed by atoms with E-state index in [0.717, 1.165) is 11.9 Å². The average molecular weight is 260 g/mol. The van der Waals surface area contributed by atoms with Gasteiger partial charge in [0.1, 0.15) is 6.04 Å². The third-order valence-corrected chi connectivity index (χ3v) is 3.37. The lowest BCUT2D eigenvalue weighted by molar-refractivity contribution is -0.140. The van der Waals surface area contributed by atoms with E-state index in [-0.39, 0.29) is 5.92 Å². The van der Waals surface area contributed by atoms with Crippen molar-refractivity contribution in [2.75, 3.05) is 6.54 Å². The van der Waals surface area contributed by atoms with E-state index in [9.17, 15) is 4.79 Å². The molecule has 1 unspecified atom stereocenters. The molecule has 0 spiro atoms. The second-order valence-electron chi connectivity index (χ2n) is 5.12. The highest BCUT2D eigenvalue weighted by molar-refractivity contribution is 5.83. The molecule has 0 radical (unpaired) electrons. The van der Waals surface area contributed by atoms with Gasteiger partial charge in [0.05, 0.1) is 0 Å². The van der Waals surface area contributed by atoms with Crippen molar-refractivity contribution in [3.05, 3.63) is 36.0 Å². The first-order chi connectivity index (χ1) is 9.09. The fourth-order valence-corrected chi connectivity index (χ4v) is 2.31. The summed E-state index contributed by atoms with van der Waals surface area (Å²) in [7, 11) is 0. The number of carbonyl (C=O) groups is 1. The molecule has 1 heterocycles. The number of aliphatic carboxylic acids is 1. The Labute approximate surface area is 112 Å². The summed E-state index contributed by atoms with van der Waals surface area (Å²) in [6.45, 7) is 4.49. The molecule has 1 aromatic heterocycles. The number of benzene rings is 1. The lowest BCUT2D eigenvalue weighted by atomic mass is 10.0. The first-order valence-electron chi connectivity index (χ1n) is 6.60. The van der Waals surface area contributed by atoms with Crippen molar-refractivity contribution in [1.29, 1.82) is 0 Å². The van der Waals surface area contributed by atoms with E-state index < -0.39 is 12.0 Å². The lowest BCUT2D eigenvalue weighted by Crippen LogP contribution is -2.41. The van der Waals surface area contributed by atoms with Gasteiger partial charge in [0.2, 0.25) is 0 Å². The summed E-state index contributed by atoms with van der Waals surface area (Å²) in [5, 5.41) is 13.4. The standard InChI is InChI=1S/C15H20N2O2/c1-10(2)14(15(18)19)16-8-7-11-9-17-13-6-4-3-5-12(11)13/h3-6,9-10,14,16-17H,7-8H2,1-2H3,(H,18,19). The molecule has 102 valence electrons. The summed E-state index contributed by atoms with van der Waals surface area (Å²) in [5.41, 5.74) is 2.34. The fourth-order valence-electron chi connectivity index (χ4n) is 2.31. The van der Waals surface area contributed by atoms with Gasteiger partial charge >= 0.3 is 5.97 Å². The average Bonchev–Trinajstić information content (AvgIpc) is 2.77. The Kier molecular flexibility index (Phi) is 4.22. The molecule has 0 saturated carbocycles. The number of aromatic amines is 1. The highest BCUT2D eigenvalue weighted by Crippen LogP contribution is 2.17. The van der Waals surface area contributed by atoms with Crippen molar-refractivity contribution >= 4 is 16.9 Å². The zero-order valence-electron chi connectivity index (χ0n) is 11.3. The van der Waals surface area contributed by atoms with Gasteiger partial charge in [-0.2, -0.15) is 0 Å². The summed E-state index contributed by atoms with van der Waals surface area (Å²) >= 11 is 0. The molecular formula is C15H20N2O2. The normalized spacial score (nSPS) is 13.0. The minimum atomic E-state index is -0.783. The van der Waals surface area contributed by atoms with E-state index >= 15 is 0 Å². The Morgan fingerprint density at radius 1 is 1.37 bits per heavy atom. The van der Waals surface area contributed by atoms with Gasteiger partial charge in [-0.15, -0.1) is 0 Å².